The minimum Gasteiger partial charge on any atom is -0.493 e. The summed E-state index contributed by atoms with van der Waals surface area (Å²) in [4.78, 5) is 13.5. The van der Waals surface area contributed by atoms with E-state index in [0.29, 0.717) is 12.1 Å². The summed E-state index contributed by atoms with van der Waals surface area (Å²) in [5.41, 5.74) is -2.62. The molecule has 1 unspecified atom stereocenters. The number of methoxy groups -OCH3 is 2. The molecule has 0 N–H and O–H groups in total. The fourth-order valence-corrected chi connectivity index (χ4v) is 2.59. The molecule has 1 fully saturated rings. The van der Waals surface area contributed by atoms with Crippen molar-refractivity contribution >= 4 is 5.78 Å². The maximum absolute atomic E-state index is 14.0. The molecule has 2 aromatic carbocycles. The SMILES string of the molecule is [2H]C([2H])([2H])Oc1cc2c(cc1OC([2H])([2H])[2H])C([2H])([2H])C([2H])(C([2H])([2H])C1([2H])C([2H])([2H])C([2H])([2H])N(C([2H])([2H])c3ccccc3)C([2H])([2H])C1([2H])[2H])C2=O. The number of fused-ring (bicyclic) bond motifs is 1. The van der Waals surface area contributed by atoms with Crippen LogP contribution in [0.5, 0.6) is 11.5 Å². The number of carbonyl (C=O) groups is 1. The Morgan fingerprint density at radius 2 is 1.89 bits per heavy atom. The normalized spacial score (nSPS) is 46.5. The van der Waals surface area contributed by atoms with E-state index in [2.05, 4.69) is 0 Å². The molecule has 4 rings (SSSR count). The highest BCUT2D eigenvalue weighted by Gasteiger charge is 2.34. The highest BCUT2D eigenvalue weighted by molar-refractivity contribution is 6.02. The van der Waals surface area contributed by atoms with Crippen LogP contribution in [0.15, 0.2) is 42.5 Å². The molecule has 1 aliphatic carbocycles. The van der Waals surface area contributed by atoms with Crippen molar-refractivity contribution in [3.8, 4) is 11.5 Å². The van der Waals surface area contributed by atoms with Crippen LogP contribution in [0.3, 0.4) is 0 Å². The molecule has 0 aromatic heterocycles. The quantitative estimate of drug-likeness (QED) is 0.721. The predicted octanol–water partition coefficient (Wildman–Crippen LogP) is 4.36. The standard InChI is InChI=1S/C24H29NO3/c1-27-22-14-19-13-20(24(26)21(19)15-23(22)28-2)12-17-8-10-25(11-9-17)16-18-6-4-3-5-7-18/h3-7,14-15,17,20H,8-13,16H2,1-2H3/i1D3,2D3,8D2,9D2,10D2,11D2,12D2,13D2,16D2,17D,20D. The summed E-state index contributed by atoms with van der Waals surface area (Å²) in [6.07, 6.45) is -17.3. The highest BCUT2D eigenvalue weighted by Crippen LogP contribution is 2.39. The van der Waals surface area contributed by atoms with E-state index in [1.807, 2.05) is 0 Å². The molecule has 148 valence electrons. The minimum atomic E-state index is -4.63. The van der Waals surface area contributed by atoms with Gasteiger partial charge in [-0.3, -0.25) is 9.69 Å². The lowest BCUT2D eigenvalue weighted by Crippen LogP contribution is -2.34. The molecular weight excluding hydrogens is 350 g/mol. The van der Waals surface area contributed by atoms with Gasteiger partial charge < -0.3 is 9.47 Å². The first-order valence-electron chi connectivity index (χ1n) is 19.0. The van der Waals surface area contributed by atoms with Crippen molar-refractivity contribution in [2.75, 3.05) is 27.1 Å². The molecule has 1 heterocycles. The molecule has 0 saturated carbocycles. The average molecular weight is 402 g/mol. The number of ketones is 1. The average Bonchev–Trinajstić information content (AvgIpc) is 3.07. The van der Waals surface area contributed by atoms with Crippen molar-refractivity contribution in [2.45, 2.75) is 32.0 Å². The number of hydrogen-bond donors (Lipinski definition) is 0. The molecule has 2 aromatic rings. The van der Waals surface area contributed by atoms with Crippen LogP contribution in [0, 0.1) is 11.8 Å². The van der Waals surface area contributed by atoms with Crippen LogP contribution in [0.1, 0.15) is 70.8 Å². The van der Waals surface area contributed by atoms with Gasteiger partial charge in [-0.05, 0) is 67.6 Å². The van der Waals surface area contributed by atoms with Crippen LogP contribution in [-0.2, 0) is 12.9 Å². The van der Waals surface area contributed by atoms with Crippen molar-refractivity contribution in [1.82, 2.24) is 4.90 Å². The predicted molar refractivity (Wildman–Crippen MR) is 110 cm³/mol. The zero-order valence-electron chi connectivity index (χ0n) is 36.2. The van der Waals surface area contributed by atoms with E-state index in [0.717, 1.165) is 12.1 Å². The van der Waals surface area contributed by atoms with Gasteiger partial charge in [0.2, 0.25) is 0 Å². The second-order valence-electron chi connectivity index (χ2n) is 5.66. The van der Waals surface area contributed by atoms with E-state index in [-0.39, 0.29) is 0 Å². The molecule has 0 radical (unpaired) electrons. The first-order chi connectivity index (χ1) is 22.0. The molecule has 1 saturated heterocycles. The lowest BCUT2D eigenvalue weighted by Gasteiger charge is -2.32. The van der Waals surface area contributed by atoms with E-state index in [1.165, 1.54) is 18.2 Å². The first kappa shape index (κ1) is 6.09. The Balaban J connectivity index is 2.02. The molecule has 4 heteroatoms. The number of benzene rings is 2. The lowest BCUT2D eigenvalue weighted by molar-refractivity contribution is 0.0895. The van der Waals surface area contributed by atoms with Crippen LogP contribution >= 0.6 is 0 Å². The number of likely N-dealkylation sites (tertiary alicyclic amines) is 1. The number of nitrogens with zero attached hydrogens (tertiary/aromatic N) is 1. The molecule has 28 heavy (non-hydrogen) atoms. The van der Waals surface area contributed by atoms with Gasteiger partial charge in [-0.1, -0.05) is 30.3 Å². The number of Topliss-reactive ketones (excluding diaryl/α,β-unsaturated/α-hetero) is 1. The van der Waals surface area contributed by atoms with E-state index >= 15 is 0 Å². The number of rotatable bonds is 6. The van der Waals surface area contributed by atoms with Gasteiger partial charge in [0.1, 0.15) is 0 Å². The summed E-state index contributed by atoms with van der Waals surface area (Å²) in [6.45, 7) is -11.8. The minimum absolute atomic E-state index is 0.405. The van der Waals surface area contributed by atoms with Crippen molar-refractivity contribution in [3.63, 3.8) is 0 Å². The fourth-order valence-electron chi connectivity index (χ4n) is 2.59. The van der Waals surface area contributed by atoms with E-state index in [9.17, 15) is 4.79 Å². The highest BCUT2D eigenvalue weighted by atomic mass is 16.5. The van der Waals surface area contributed by atoms with Gasteiger partial charge in [-0.15, -0.1) is 0 Å². The Morgan fingerprint density at radius 3 is 2.61 bits per heavy atom. The Morgan fingerprint density at radius 1 is 1.18 bits per heavy atom. The molecule has 0 spiro atoms. The van der Waals surface area contributed by atoms with Crippen LogP contribution in [0.25, 0.3) is 0 Å². The summed E-state index contributed by atoms with van der Waals surface area (Å²) in [5, 5.41) is 0. The summed E-state index contributed by atoms with van der Waals surface area (Å²) in [6, 6.07) is 6.85. The van der Waals surface area contributed by atoms with Gasteiger partial charge in [0.05, 0.1) is 22.3 Å². The van der Waals surface area contributed by atoms with Crippen LogP contribution < -0.4 is 9.47 Å². The Bertz CT molecular complexity index is 1660. The van der Waals surface area contributed by atoms with Gasteiger partial charge in [0, 0.05) is 39.9 Å². The number of carbonyl (C=O) groups excluding carboxylic acids is 1. The third kappa shape index (κ3) is 3.93. The van der Waals surface area contributed by atoms with Crippen LogP contribution in [-0.4, -0.2) is 37.8 Å². The van der Waals surface area contributed by atoms with Crippen molar-refractivity contribution in [1.29, 1.82) is 0 Å². The van der Waals surface area contributed by atoms with Gasteiger partial charge in [0.25, 0.3) is 0 Å². The smallest absolute Gasteiger partial charge is 0.166 e. The third-order valence-corrected chi connectivity index (χ3v) is 3.89. The maximum atomic E-state index is 14.0. The molecule has 1 atom stereocenters. The lowest BCUT2D eigenvalue weighted by atomic mass is 9.85. The van der Waals surface area contributed by atoms with Crippen LogP contribution in [0.4, 0.5) is 0 Å². The van der Waals surface area contributed by atoms with Crippen molar-refractivity contribution in [3.05, 3.63) is 59.2 Å². The van der Waals surface area contributed by atoms with Crippen LogP contribution in [0.2, 0.25) is 0 Å². The Kier molecular flexibility index (Phi) is 1.82. The number of ether oxygens (including phenoxy) is 2. The summed E-state index contributed by atoms with van der Waals surface area (Å²) in [7, 11) is -6.70. The van der Waals surface area contributed by atoms with Crippen molar-refractivity contribution < 1.29 is 44.4 Å². The molecule has 0 bridgehead atoms. The molecule has 1 aliphatic heterocycles. The Hall–Kier alpha value is -2.33. The summed E-state index contributed by atoms with van der Waals surface area (Å²) >= 11 is 0. The maximum Gasteiger partial charge on any atom is 0.166 e. The zero-order valence-corrected chi connectivity index (χ0v) is 14.2. The second kappa shape index (κ2) is 8.36. The van der Waals surface area contributed by atoms with Crippen molar-refractivity contribution in [2.24, 2.45) is 11.8 Å². The summed E-state index contributed by atoms with van der Waals surface area (Å²) in [5.74, 6) is -12.9. The second-order valence-corrected chi connectivity index (χ2v) is 5.66. The first-order valence-corrected chi connectivity index (χ1v) is 8.01. The summed E-state index contributed by atoms with van der Waals surface area (Å²) < 4.78 is 195. The number of piperidine rings is 1. The Labute approximate surface area is 198 Å². The molecule has 0 amide bonds. The van der Waals surface area contributed by atoms with E-state index in [4.69, 9.17) is 39.6 Å². The molecular formula is C24H29NO3. The van der Waals surface area contributed by atoms with E-state index < -0.39 is 110 Å². The monoisotopic (exact) mass is 401 g/mol. The van der Waals surface area contributed by atoms with Gasteiger partial charge in [0.15, 0.2) is 17.3 Å². The fraction of sp³-hybridized carbons (Fsp3) is 0.458. The van der Waals surface area contributed by atoms with Gasteiger partial charge in [-0.2, -0.15) is 0 Å². The topological polar surface area (TPSA) is 38.8 Å². The largest absolute Gasteiger partial charge is 0.493 e. The molecule has 2 aliphatic rings. The third-order valence-electron chi connectivity index (χ3n) is 3.89. The zero-order chi connectivity index (χ0) is 38.9. The van der Waals surface area contributed by atoms with Gasteiger partial charge >= 0.3 is 0 Å². The number of hydrogen-bond acceptors (Lipinski definition) is 4. The molecule has 4 nitrogen and oxygen atoms in total. The van der Waals surface area contributed by atoms with E-state index in [1.54, 1.807) is 0 Å². The van der Waals surface area contributed by atoms with Gasteiger partial charge in [-0.25, -0.2) is 0 Å².